The van der Waals surface area contributed by atoms with E-state index in [-0.39, 0.29) is 188 Å². The van der Waals surface area contributed by atoms with Gasteiger partial charge in [0.15, 0.2) is 11.6 Å². The number of amides is 8. The zero-order valence-corrected chi connectivity index (χ0v) is 82.0. The van der Waals surface area contributed by atoms with Crippen LogP contribution in [0, 0.1) is 11.8 Å². The van der Waals surface area contributed by atoms with Crippen LogP contribution < -0.4 is 74.4 Å². The Hall–Kier alpha value is -12.1. The number of unbranched alkanes of at least 4 members (excludes halogenated alkanes) is 12. The molecule has 6 rings (SSSR count). The summed E-state index contributed by atoms with van der Waals surface area (Å²) in [5, 5.41) is 97.6. The van der Waals surface area contributed by atoms with Crippen molar-refractivity contribution in [3.05, 3.63) is 144 Å². The van der Waals surface area contributed by atoms with Gasteiger partial charge in [0.05, 0.1) is 23.2 Å². The number of carboxylic acid groups (broad SMARTS) is 6. The Bertz CT molecular complexity index is 4310. The molecule has 38 nitrogen and oxygen atoms in total. The molecule has 2 saturated heterocycles. The van der Waals surface area contributed by atoms with Crippen molar-refractivity contribution in [2.75, 3.05) is 78.5 Å². The van der Waals surface area contributed by atoms with Gasteiger partial charge in [-0.2, -0.15) is 0 Å². The van der Waals surface area contributed by atoms with Crippen LogP contribution in [0.2, 0.25) is 0 Å². The molecule has 2 fully saturated rings. The molecule has 0 aromatic heterocycles. The molecule has 2 unspecified atom stereocenters. The molecule has 8 amide bonds. The lowest BCUT2D eigenvalue weighted by Crippen LogP contribution is -2.65. The maximum atomic E-state index is 14.6. The van der Waals surface area contributed by atoms with Crippen molar-refractivity contribution in [1.82, 2.24) is 74.4 Å². The van der Waals surface area contributed by atoms with E-state index < -0.39 is 145 Å². The van der Waals surface area contributed by atoms with Crippen LogP contribution in [0.1, 0.15) is 253 Å². The van der Waals surface area contributed by atoms with Crippen LogP contribution in [0.3, 0.4) is 0 Å². The molecule has 4 aromatic rings. The standard InChI is InChI=1S/C104H152N14O24/c119-79(65-77(61-73-31-13-9-14-32-73)95(131)113-87(63-75-35-17-11-18-36-75)89(123)45-21-5-1-3-7-23-47-91(125)109-53-27-25-43-83(97(133)134)115-101(141)117-85(99(137)138)49-51-93(127)128)39-29-41-81(121)67-103-69-105-55-57-107-71-104(112-60-59-111-103,72-108-58-56-106-70-103)68-82(122)42-30-40-80(120)66-78(62-74-33-15-10-16-34-74)96(132)114-88(64-76-37-19-12-20-38-76)90(124)46-22-6-2-4-8-24-48-92(126)110-54-28-26-44-84(98(135)136)116-102(142)118-86(100(139)140)50-52-94(129)130/h9-20,31-38,77-78,83-88,105-108,111-112H,1-8,21-30,39-72H2,(H,109,125)(H,110,126)(H,113,131)(H,114,132)(H,127,128)(H,129,130)(H,133,134)(H,135,136)(H,137,138)(H,139,140)(H2,115,117,141)(H2,116,118,142)/t77-,78?,83-,84?,85-,86-,87+,88+,103?,104?/m0/s1. The minimum Gasteiger partial charge on any atom is -0.481 e. The highest BCUT2D eigenvalue weighted by Crippen LogP contribution is 2.25. The summed E-state index contributed by atoms with van der Waals surface area (Å²) in [5.41, 5.74) is 1.90. The van der Waals surface area contributed by atoms with E-state index in [0.717, 1.165) is 73.6 Å². The van der Waals surface area contributed by atoms with Crippen molar-refractivity contribution < 1.29 is 117 Å². The van der Waals surface area contributed by atoms with E-state index >= 15 is 0 Å². The molecule has 2 aliphatic rings. The van der Waals surface area contributed by atoms with Crippen molar-refractivity contribution >= 4 is 106 Å². The fourth-order valence-corrected chi connectivity index (χ4v) is 17.6. The predicted molar refractivity (Wildman–Crippen MR) is 531 cm³/mol. The second-order valence-corrected chi connectivity index (χ2v) is 37.6. The molecule has 38 heteroatoms. The van der Waals surface area contributed by atoms with Crippen LogP contribution in [0.15, 0.2) is 121 Å². The largest absolute Gasteiger partial charge is 0.481 e. The molecule has 0 radical (unpaired) electrons. The van der Waals surface area contributed by atoms with Gasteiger partial charge >= 0.3 is 47.9 Å². The number of Topliss-reactive ketones (excluding diaryl/α,β-unsaturated/α-hetero) is 6. The van der Waals surface area contributed by atoms with Gasteiger partial charge in [0.1, 0.15) is 47.3 Å². The highest BCUT2D eigenvalue weighted by molar-refractivity contribution is 5.94. The number of carboxylic acids is 6. The average Bonchev–Trinajstić information content (AvgIpc) is 0.861. The maximum Gasteiger partial charge on any atom is 0.326 e. The molecule has 2 heterocycles. The number of benzene rings is 4. The SMILES string of the molecule is O=C(O)CC[C@H](NC(=O)NC(CCCCNC(=O)CCCCCCCCC(=O)[C@@H](Cc1ccccc1)NC(=O)C(CC(=O)CCCC(=O)CC12CNCCNCC(CC(=O)CCCC(=O)C[C@H](Cc3ccccc3)C(=O)N[C@H](Cc3ccccc3)C(=O)CCCCCCCCC(=O)NCCCC[C@H](NC(=O)N[C@@H](CCC(=O)O)C(=O)O)C(=O)O)(CNCCNC1)NCCN2)Cc1ccccc1)C(=O)O)C(=O)O. The van der Waals surface area contributed by atoms with E-state index in [1.807, 2.05) is 121 Å². The van der Waals surface area contributed by atoms with Crippen molar-refractivity contribution in [3.8, 4) is 0 Å². The Morgan fingerprint density at radius 3 is 0.859 bits per heavy atom. The third-order valence-corrected chi connectivity index (χ3v) is 25.5. The maximum absolute atomic E-state index is 14.6. The van der Waals surface area contributed by atoms with Crippen molar-refractivity contribution in [1.29, 1.82) is 0 Å². The van der Waals surface area contributed by atoms with Crippen LogP contribution in [0.5, 0.6) is 0 Å². The summed E-state index contributed by atoms with van der Waals surface area (Å²) in [4.78, 5) is 233. The van der Waals surface area contributed by atoms with Crippen LogP contribution in [-0.4, -0.2) is 263 Å². The first-order valence-corrected chi connectivity index (χ1v) is 50.5. The highest BCUT2D eigenvalue weighted by Gasteiger charge is 2.38. The lowest BCUT2D eigenvalue weighted by molar-refractivity contribution is -0.142. The van der Waals surface area contributed by atoms with Crippen LogP contribution >= 0.6 is 0 Å². The Morgan fingerprint density at radius 1 is 0.275 bits per heavy atom. The Balaban J connectivity index is 0.928. The van der Waals surface area contributed by atoms with Gasteiger partial charge in [-0.25, -0.2) is 28.8 Å². The van der Waals surface area contributed by atoms with E-state index in [1.165, 1.54) is 0 Å². The van der Waals surface area contributed by atoms with E-state index in [2.05, 4.69) is 74.4 Å². The van der Waals surface area contributed by atoms with E-state index in [9.17, 15) is 107 Å². The number of ketones is 6. The quantitative estimate of drug-likeness (QED) is 0.0190. The van der Waals surface area contributed by atoms with Crippen molar-refractivity contribution in [2.45, 2.75) is 304 Å². The van der Waals surface area contributed by atoms with Gasteiger partial charge in [-0.3, -0.25) is 57.5 Å². The third-order valence-electron chi connectivity index (χ3n) is 25.5. The number of carbonyl (C=O) groups is 18. The number of aliphatic carboxylic acids is 6. The Labute approximate surface area is 831 Å². The summed E-state index contributed by atoms with van der Waals surface area (Å²) in [7, 11) is 0. The fourth-order valence-electron chi connectivity index (χ4n) is 17.6. The summed E-state index contributed by atoms with van der Waals surface area (Å²) in [6.45, 7) is 5.37. The number of hydrogen-bond donors (Lipinski definition) is 20. The zero-order valence-electron chi connectivity index (χ0n) is 82.0. The molecular formula is C104H152N14O24. The Morgan fingerprint density at radius 2 is 0.556 bits per heavy atom. The molecular weight excluding hydrogens is 1830 g/mol. The molecule has 0 spiro atoms. The molecule has 142 heavy (non-hydrogen) atoms. The topological polar surface area (TPSA) is 597 Å². The number of hydrogen-bond acceptors (Lipinski definition) is 24. The number of fused-ring (bicyclic) bond motifs is 5. The normalized spacial score (nSPS) is 16.7. The molecule has 0 saturated carbocycles. The van der Waals surface area contributed by atoms with Crippen LogP contribution in [-0.2, 0) is 102 Å². The van der Waals surface area contributed by atoms with Gasteiger partial charge in [0.25, 0.3) is 0 Å². The molecule has 2 bridgehead atoms. The summed E-state index contributed by atoms with van der Waals surface area (Å²) in [5.74, 6) is -11.7. The van der Waals surface area contributed by atoms with Gasteiger partial charge in [-0.05, 0) is 138 Å². The number of rotatable bonds is 72. The van der Waals surface area contributed by atoms with Gasteiger partial charge in [0, 0.05) is 180 Å². The van der Waals surface area contributed by atoms with Crippen LogP contribution in [0.4, 0.5) is 9.59 Å². The molecule has 20 N–H and O–H groups in total. The lowest BCUT2D eigenvalue weighted by atomic mass is 9.88. The van der Waals surface area contributed by atoms with Gasteiger partial charge in [-0.15, -0.1) is 0 Å². The smallest absolute Gasteiger partial charge is 0.326 e. The van der Waals surface area contributed by atoms with Crippen molar-refractivity contribution in [3.63, 3.8) is 0 Å². The van der Waals surface area contributed by atoms with Gasteiger partial charge < -0.3 is 105 Å². The first kappa shape index (κ1) is 119. The van der Waals surface area contributed by atoms with E-state index in [1.54, 1.807) is 0 Å². The van der Waals surface area contributed by atoms with E-state index in [4.69, 9.17) is 10.2 Å². The monoisotopic (exact) mass is 1980 g/mol. The summed E-state index contributed by atoms with van der Waals surface area (Å²) < 4.78 is 0. The molecule has 782 valence electrons. The molecule has 8 atom stereocenters. The van der Waals surface area contributed by atoms with Crippen molar-refractivity contribution in [2.24, 2.45) is 11.8 Å². The highest BCUT2D eigenvalue weighted by atomic mass is 16.4. The average molecular weight is 1980 g/mol. The second-order valence-electron chi connectivity index (χ2n) is 37.6. The molecule has 2 aliphatic heterocycles. The lowest BCUT2D eigenvalue weighted by Gasteiger charge is -2.40. The van der Waals surface area contributed by atoms with Crippen LogP contribution in [0.25, 0.3) is 0 Å². The first-order chi connectivity index (χ1) is 68.3. The third kappa shape index (κ3) is 51.0. The zero-order chi connectivity index (χ0) is 103. The number of nitrogens with one attached hydrogen (secondary N) is 14. The summed E-state index contributed by atoms with van der Waals surface area (Å²) >= 11 is 0. The van der Waals surface area contributed by atoms with E-state index in [0.29, 0.717) is 117 Å². The molecule has 0 aliphatic carbocycles. The van der Waals surface area contributed by atoms with Gasteiger partial charge in [0.2, 0.25) is 23.6 Å². The minimum absolute atomic E-state index is 0.00498. The summed E-state index contributed by atoms with van der Waals surface area (Å²) in [6.07, 6.45) is 11.1. The fraction of sp³-hybridized carbons (Fsp3) is 0.596. The first-order valence-electron chi connectivity index (χ1n) is 50.5. The minimum atomic E-state index is -1.53. The number of urea groups is 2. The molecule has 4 aromatic carbocycles. The predicted octanol–water partition coefficient (Wildman–Crippen LogP) is 7.47. The number of carbonyl (C=O) groups excluding carboxylic acids is 12. The van der Waals surface area contributed by atoms with Gasteiger partial charge in [-0.1, -0.05) is 173 Å². The Kier molecular flexibility index (Phi) is 56.9. The summed E-state index contributed by atoms with van der Waals surface area (Å²) in [6, 6.07) is 27.9. The second kappa shape index (κ2) is 68.1.